The molecular formula is C22H27NO4. The average Bonchev–Trinajstić information content (AvgIpc) is 2.67. The van der Waals surface area contributed by atoms with E-state index in [1.807, 2.05) is 36.4 Å². The minimum atomic E-state index is -0.172. The minimum absolute atomic E-state index is 0.0129. The van der Waals surface area contributed by atoms with Crippen molar-refractivity contribution in [1.29, 1.82) is 0 Å². The summed E-state index contributed by atoms with van der Waals surface area (Å²) in [5, 5.41) is 3.07. The summed E-state index contributed by atoms with van der Waals surface area (Å²) >= 11 is 0. The fourth-order valence-corrected chi connectivity index (χ4v) is 3.72. The summed E-state index contributed by atoms with van der Waals surface area (Å²) in [5.41, 5.74) is 2.17. The van der Waals surface area contributed by atoms with Crippen molar-refractivity contribution in [2.24, 2.45) is 0 Å². The van der Waals surface area contributed by atoms with E-state index in [-0.39, 0.29) is 24.2 Å². The highest BCUT2D eigenvalue weighted by Gasteiger charge is 2.32. The Morgan fingerprint density at radius 1 is 1.11 bits per heavy atom. The molecule has 3 atom stereocenters. The quantitative estimate of drug-likeness (QED) is 0.844. The number of rotatable bonds is 6. The summed E-state index contributed by atoms with van der Waals surface area (Å²) in [5.74, 6) is 1.51. The van der Waals surface area contributed by atoms with Crippen LogP contribution in [0.1, 0.15) is 37.0 Å². The molecule has 3 rings (SSSR count). The Kier molecular flexibility index (Phi) is 6.35. The molecule has 2 aromatic carbocycles. The lowest BCUT2D eigenvalue weighted by molar-refractivity contribution is -0.122. The van der Waals surface area contributed by atoms with Crippen LogP contribution in [0.3, 0.4) is 0 Å². The highest BCUT2D eigenvalue weighted by atomic mass is 16.5. The molecule has 2 aromatic rings. The molecule has 1 heterocycles. The van der Waals surface area contributed by atoms with Gasteiger partial charge in [0, 0.05) is 18.5 Å². The van der Waals surface area contributed by atoms with Crippen LogP contribution in [0.25, 0.3) is 0 Å². The topological polar surface area (TPSA) is 56.8 Å². The number of carbonyl (C=O) groups is 1. The fourth-order valence-electron chi connectivity index (χ4n) is 3.72. The van der Waals surface area contributed by atoms with Gasteiger partial charge >= 0.3 is 0 Å². The van der Waals surface area contributed by atoms with Gasteiger partial charge in [0.1, 0.15) is 11.5 Å². The summed E-state index contributed by atoms with van der Waals surface area (Å²) in [6.45, 7) is 1.56. The van der Waals surface area contributed by atoms with E-state index in [4.69, 9.17) is 14.2 Å². The molecular weight excluding hydrogens is 342 g/mol. The molecule has 1 aliphatic rings. The summed E-state index contributed by atoms with van der Waals surface area (Å²) in [7, 11) is 3.30. The van der Waals surface area contributed by atoms with Gasteiger partial charge in [0.15, 0.2) is 0 Å². The first-order valence-corrected chi connectivity index (χ1v) is 9.27. The van der Waals surface area contributed by atoms with Gasteiger partial charge in [0.2, 0.25) is 5.91 Å². The first kappa shape index (κ1) is 19.2. The van der Waals surface area contributed by atoms with Crippen LogP contribution >= 0.6 is 0 Å². The summed E-state index contributed by atoms with van der Waals surface area (Å²) in [4.78, 5) is 11.6. The first-order valence-electron chi connectivity index (χ1n) is 9.27. The molecule has 1 fully saturated rings. The predicted molar refractivity (Wildman–Crippen MR) is 104 cm³/mol. The summed E-state index contributed by atoms with van der Waals surface area (Å²) in [6, 6.07) is 16.1. The van der Waals surface area contributed by atoms with Crippen LogP contribution in [0.2, 0.25) is 0 Å². The Morgan fingerprint density at radius 3 is 2.56 bits per heavy atom. The molecule has 1 amide bonds. The lowest BCUT2D eigenvalue weighted by Gasteiger charge is -2.36. The number of amides is 1. The maximum absolute atomic E-state index is 11.6. The molecule has 1 aliphatic heterocycles. The number of methoxy groups -OCH3 is 2. The predicted octanol–water partition coefficient (Wildman–Crippen LogP) is 3.67. The third-order valence-electron chi connectivity index (χ3n) is 4.90. The van der Waals surface area contributed by atoms with Crippen LogP contribution in [-0.2, 0) is 16.0 Å². The van der Waals surface area contributed by atoms with E-state index >= 15 is 0 Å². The fraction of sp³-hybridized carbons (Fsp3) is 0.409. The van der Waals surface area contributed by atoms with Gasteiger partial charge in [-0.15, -0.1) is 0 Å². The molecule has 5 nitrogen and oxygen atoms in total. The molecule has 0 radical (unpaired) electrons. The first-order chi connectivity index (χ1) is 13.1. The van der Waals surface area contributed by atoms with Gasteiger partial charge in [-0.1, -0.05) is 30.3 Å². The van der Waals surface area contributed by atoms with Gasteiger partial charge in [-0.3, -0.25) is 4.79 Å². The van der Waals surface area contributed by atoms with E-state index in [9.17, 15) is 4.79 Å². The smallest absolute Gasteiger partial charge is 0.217 e. The lowest BCUT2D eigenvalue weighted by atomic mass is 9.91. The van der Waals surface area contributed by atoms with Crippen molar-refractivity contribution in [3.05, 3.63) is 59.7 Å². The largest absolute Gasteiger partial charge is 0.497 e. The van der Waals surface area contributed by atoms with Crippen LogP contribution in [0, 0.1) is 0 Å². The van der Waals surface area contributed by atoms with Crippen molar-refractivity contribution in [2.75, 3.05) is 14.2 Å². The monoisotopic (exact) mass is 369 g/mol. The zero-order chi connectivity index (χ0) is 19.2. The zero-order valence-corrected chi connectivity index (χ0v) is 16.1. The lowest BCUT2D eigenvalue weighted by Crippen LogP contribution is -2.42. The van der Waals surface area contributed by atoms with Crippen LogP contribution in [0.4, 0.5) is 0 Å². The van der Waals surface area contributed by atoms with Crippen LogP contribution in [-0.4, -0.2) is 32.3 Å². The molecule has 1 saturated heterocycles. The Labute approximate surface area is 160 Å². The van der Waals surface area contributed by atoms with Crippen molar-refractivity contribution in [2.45, 2.75) is 44.4 Å². The Bertz CT molecular complexity index is 762. The van der Waals surface area contributed by atoms with Gasteiger partial charge in [0.25, 0.3) is 0 Å². The normalized spacial score (nSPS) is 22.1. The highest BCUT2D eigenvalue weighted by molar-refractivity contribution is 5.73. The van der Waals surface area contributed by atoms with Crippen molar-refractivity contribution < 1.29 is 19.0 Å². The van der Waals surface area contributed by atoms with E-state index in [0.29, 0.717) is 6.42 Å². The van der Waals surface area contributed by atoms with Crippen LogP contribution in [0.5, 0.6) is 11.5 Å². The number of benzene rings is 2. The molecule has 0 spiro atoms. The maximum atomic E-state index is 11.6. The SMILES string of the molecule is COc1ccc(OC)c([C@@H]2C[C@H](NC(C)=O)C[C@H](Cc3ccccc3)O2)c1. The Balaban J connectivity index is 1.85. The maximum Gasteiger partial charge on any atom is 0.217 e. The number of hydrogen-bond acceptors (Lipinski definition) is 4. The zero-order valence-electron chi connectivity index (χ0n) is 16.1. The summed E-state index contributed by atoms with van der Waals surface area (Å²) < 4.78 is 17.4. The number of hydrogen-bond donors (Lipinski definition) is 1. The summed E-state index contributed by atoms with van der Waals surface area (Å²) in [6.07, 6.45) is 2.14. The van der Waals surface area contributed by atoms with E-state index < -0.39 is 0 Å². The third kappa shape index (κ3) is 5.01. The second kappa shape index (κ2) is 8.91. The highest BCUT2D eigenvalue weighted by Crippen LogP contribution is 2.38. The van der Waals surface area contributed by atoms with E-state index in [1.54, 1.807) is 21.1 Å². The van der Waals surface area contributed by atoms with E-state index in [1.165, 1.54) is 5.56 Å². The Hall–Kier alpha value is -2.53. The van der Waals surface area contributed by atoms with Crippen LogP contribution < -0.4 is 14.8 Å². The third-order valence-corrected chi connectivity index (χ3v) is 4.90. The van der Waals surface area contributed by atoms with Crippen LogP contribution in [0.15, 0.2) is 48.5 Å². The standard InChI is InChI=1S/C22H27NO4/c1-15(24)23-17-12-19(11-16-7-5-4-6-8-16)27-22(13-17)20-14-18(25-2)9-10-21(20)26-3/h4-10,14,17,19,22H,11-13H2,1-3H3,(H,23,24)/t17-,19+,22+/m1/s1. The molecule has 0 unspecified atom stereocenters. The average molecular weight is 369 g/mol. The van der Waals surface area contributed by atoms with Crippen molar-refractivity contribution in [3.63, 3.8) is 0 Å². The second-order valence-electron chi connectivity index (χ2n) is 6.91. The van der Waals surface area contributed by atoms with E-state index in [2.05, 4.69) is 17.4 Å². The number of carbonyl (C=O) groups excluding carboxylic acids is 1. The molecule has 144 valence electrons. The minimum Gasteiger partial charge on any atom is -0.497 e. The van der Waals surface area contributed by atoms with E-state index in [0.717, 1.165) is 29.9 Å². The molecule has 5 heteroatoms. The molecule has 0 bridgehead atoms. The molecule has 0 aliphatic carbocycles. The second-order valence-corrected chi connectivity index (χ2v) is 6.91. The molecule has 27 heavy (non-hydrogen) atoms. The van der Waals surface area contributed by atoms with Gasteiger partial charge in [0.05, 0.1) is 26.4 Å². The van der Waals surface area contributed by atoms with Gasteiger partial charge < -0.3 is 19.5 Å². The number of nitrogens with one attached hydrogen (secondary N) is 1. The van der Waals surface area contributed by atoms with Crippen molar-refractivity contribution in [1.82, 2.24) is 5.32 Å². The Morgan fingerprint density at radius 2 is 1.89 bits per heavy atom. The molecule has 0 aromatic heterocycles. The molecule has 1 N–H and O–H groups in total. The van der Waals surface area contributed by atoms with Gasteiger partial charge in [-0.25, -0.2) is 0 Å². The van der Waals surface area contributed by atoms with Crippen molar-refractivity contribution >= 4 is 5.91 Å². The van der Waals surface area contributed by atoms with Crippen molar-refractivity contribution in [3.8, 4) is 11.5 Å². The van der Waals surface area contributed by atoms with Gasteiger partial charge in [-0.2, -0.15) is 0 Å². The number of ether oxygens (including phenoxy) is 3. The van der Waals surface area contributed by atoms with Gasteiger partial charge in [-0.05, 0) is 43.0 Å². The molecule has 0 saturated carbocycles.